The van der Waals surface area contributed by atoms with Crippen molar-refractivity contribution in [2.45, 2.75) is 32.4 Å². The molecule has 1 amide bonds. The van der Waals surface area contributed by atoms with E-state index in [2.05, 4.69) is 24.0 Å². The van der Waals surface area contributed by atoms with Gasteiger partial charge in [0.25, 0.3) is 0 Å². The monoisotopic (exact) mass is 526 g/mol. The third kappa shape index (κ3) is 5.21. The Balaban J connectivity index is 1.45. The summed E-state index contributed by atoms with van der Waals surface area (Å²) in [6, 6.07) is 21.9. The molecule has 0 spiro atoms. The van der Waals surface area contributed by atoms with Crippen LogP contribution in [0.25, 0.3) is 22.0 Å². The second kappa shape index (κ2) is 11.2. The minimum atomic E-state index is -0.180. The molecule has 202 valence electrons. The Morgan fingerprint density at radius 1 is 0.846 bits per heavy atom. The van der Waals surface area contributed by atoms with Crippen LogP contribution < -0.4 is 18.9 Å². The molecule has 3 atom stereocenters. The smallest absolute Gasteiger partial charge is 0.223 e. The lowest BCUT2D eigenvalue weighted by Crippen LogP contribution is -2.31. The minimum Gasteiger partial charge on any atom is -0.493 e. The van der Waals surface area contributed by atoms with Gasteiger partial charge in [-0.2, -0.15) is 0 Å². The highest BCUT2D eigenvalue weighted by molar-refractivity contribution is 5.90. The van der Waals surface area contributed by atoms with Crippen molar-refractivity contribution >= 4 is 16.8 Å². The molecule has 0 N–H and O–H groups in total. The highest BCUT2D eigenvalue weighted by Gasteiger charge is 2.37. The van der Waals surface area contributed by atoms with Crippen molar-refractivity contribution in [3.63, 3.8) is 0 Å². The summed E-state index contributed by atoms with van der Waals surface area (Å²) in [6.45, 7) is 4.78. The van der Waals surface area contributed by atoms with Crippen LogP contribution in [0, 0.1) is 5.92 Å². The predicted molar refractivity (Wildman–Crippen MR) is 152 cm³/mol. The molecule has 7 heteroatoms. The summed E-state index contributed by atoms with van der Waals surface area (Å²) in [5.74, 6) is 2.62. The first kappa shape index (κ1) is 26.4. The number of methoxy groups -OCH3 is 3. The van der Waals surface area contributed by atoms with E-state index < -0.39 is 0 Å². The first-order valence-corrected chi connectivity index (χ1v) is 13.1. The van der Waals surface area contributed by atoms with Crippen molar-refractivity contribution in [3.05, 3.63) is 78.5 Å². The van der Waals surface area contributed by atoms with Gasteiger partial charge in [-0.05, 0) is 66.9 Å². The van der Waals surface area contributed by atoms with Crippen molar-refractivity contribution in [3.8, 4) is 34.1 Å². The first-order valence-electron chi connectivity index (χ1n) is 13.1. The fourth-order valence-electron chi connectivity index (χ4n) is 5.32. The number of hydrogen-bond donors (Lipinski definition) is 0. The Bertz CT molecular complexity index is 1450. The van der Waals surface area contributed by atoms with E-state index in [0.717, 1.165) is 33.3 Å². The lowest BCUT2D eigenvalue weighted by molar-refractivity contribution is -0.129. The number of nitrogens with zero attached hydrogens (tertiary/aromatic N) is 2. The fourth-order valence-corrected chi connectivity index (χ4v) is 5.32. The van der Waals surface area contributed by atoms with Gasteiger partial charge in [0.2, 0.25) is 11.7 Å². The second-order valence-electron chi connectivity index (χ2n) is 9.88. The van der Waals surface area contributed by atoms with Gasteiger partial charge in [-0.25, -0.2) is 0 Å². The number of aromatic nitrogens is 1. The van der Waals surface area contributed by atoms with Gasteiger partial charge < -0.3 is 23.8 Å². The Kier molecular flexibility index (Phi) is 7.59. The van der Waals surface area contributed by atoms with E-state index in [1.807, 2.05) is 66.4 Å². The van der Waals surface area contributed by atoms with Gasteiger partial charge in [-0.1, -0.05) is 30.3 Å². The number of carbonyl (C=O) groups excluding carboxylic acids is 1. The second-order valence-corrected chi connectivity index (χ2v) is 9.88. The van der Waals surface area contributed by atoms with Gasteiger partial charge in [0.1, 0.15) is 11.9 Å². The third-order valence-corrected chi connectivity index (χ3v) is 7.60. The lowest BCUT2D eigenvalue weighted by atomic mass is 10.0. The van der Waals surface area contributed by atoms with E-state index in [9.17, 15) is 4.79 Å². The molecule has 1 fully saturated rings. The van der Waals surface area contributed by atoms with Gasteiger partial charge >= 0.3 is 0 Å². The number of ether oxygens (including phenoxy) is 4. The van der Waals surface area contributed by atoms with E-state index in [1.165, 1.54) is 0 Å². The normalized spacial score (nSPS) is 16.7. The van der Waals surface area contributed by atoms with Crippen LogP contribution in [0.4, 0.5) is 0 Å². The van der Waals surface area contributed by atoms with Crippen LogP contribution in [0.1, 0.15) is 31.9 Å². The van der Waals surface area contributed by atoms with Gasteiger partial charge in [0.15, 0.2) is 11.5 Å². The predicted octanol–water partition coefficient (Wildman–Crippen LogP) is 6.30. The molecule has 1 aliphatic heterocycles. The molecule has 5 rings (SSSR count). The van der Waals surface area contributed by atoms with Gasteiger partial charge in [-0.15, -0.1) is 0 Å². The summed E-state index contributed by atoms with van der Waals surface area (Å²) in [5.41, 5.74) is 3.74. The molecule has 1 aliphatic rings. The zero-order valence-corrected chi connectivity index (χ0v) is 23.0. The number of carbonyl (C=O) groups is 1. The van der Waals surface area contributed by atoms with Crippen molar-refractivity contribution in [2.75, 3.05) is 27.9 Å². The average molecular weight is 527 g/mol. The van der Waals surface area contributed by atoms with E-state index in [4.69, 9.17) is 18.9 Å². The molecule has 39 heavy (non-hydrogen) atoms. The lowest BCUT2D eigenvalue weighted by Gasteiger charge is -2.27. The van der Waals surface area contributed by atoms with Crippen molar-refractivity contribution in [1.82, 2.24) is 9.88 Å². The average Bonchev–Trinajstić information content (AvgIpc) is 3.37. The number of benzene rings is 3. The molecule has 0 aliphatic carbocycles. The molecular formula is C32H34N2O5. The number of rotatable bonds is 9. The molecule has 4 aromatic rings. The molecule has 7 nitrogen and oxygen atoms in total. The number of hydrogen-bond acceptors (Lipinski definition) is 6. The largest absolute Gasteiger partial charge is 0.493 e. The van der Waals surface area contributed by atoms with Crippen molar-refractivity contribution in [2.24, 2.45) is 5.92 Å². The van der Waals surface area contributed by atoms with Crippen LogP contribution in [-0.4, -0.2) is 49.8 Å². The van der Waals surface area contributed by atoms with E-state index in [1.54, 1.807) is 27.5 Å². The number of amides is 1. The highest BCUT2D eigenvalue weighted by Crippen LogP contribution is 2.43. The van der Waals surface area contributed by atoms with Gasteiger partial charge in [-0.3, -0.25) is 9.78 Å². The first-order chi connectivity index (χ1) is 18.9. The molecule has 0 bridgehead atoms. The maximum Gasteiger partial charge on any atom is 0.223 e. The van der Waals surface area contributed by atoms with Crippen molar-refractivity contribution in [1.29, 1.82) is 0 Å². The highest BCUT2D eigenvalue weighted by atomic mass is 16.5. The van der Waals surface area contributed by atoms with E-state index in [0.29, 0.717) is 30.2 Å². The zero-order chi connectivity index (χ0) is 27.5. The quantitative estimate of drug-likeness (QED) is 0.255. The molecule has 1 aromatic heterocycles. The summed E-state index contributed by atoms with van der Waals surface area (Å²) in [5, 5.41) is 0.916. The summed E-state index contributed by atoms with van der Waals surface area (Å²) < 4.78 is 23.3. The molecular weight excluding hydrogens is 492 g/mol. The third-order valence-electron chi connectivity index (χ3n) is 7.60. The Morgan fingerprint density at radius 3 is 2.18 bits per heavy atom. The Morgan fingerprint density at radius 2 is 1.51 bits per heavy atom. The Labute approximate surface area is 229 Å². The van der Waals surface area contributed by atoms with E-state index in [-0.39, 0.29) is 24.0 Å². The van der Waals surface area contributed by atoms with Crippen LogP contribution in [0.5, 0.6) is 23.0 Å². The topological polar surface area (TPSA) is 70.1 Å². The summed E-state index contributed by atoms with van der Waals surface area (Å²) in [7, 11) is 4.79. The summed E-state index contributed by atoms with van der Waals surface area (Å²) in [4.78, 5) is 19.6. The maximum absolute atomic E-state index is 13.0. The van der Waals surface area contributed by atoms with Crippen LogP contribution in [0.15, 0.2) is 72.9 Å². The molecule has 0 saturated carbocycles. The number of fused-ring (bicyclic) bond motifs is 1. The van der Waals surface area contributed by atoms with Gasteiger partial charge in [0.05, 0.1) is 32.9 Å². The number of likely N-dealkylation sites (tertiary alicyclic amines) is 1. The molecule has 3 unspecified atom stereocenters. The zero-order valence-electron chi connectivity index (χ0n) is 23.0. The fraction of sp³-hybridized carbons (Fsp3) is 0.312. The minimum absolute atomic E-state index is 0.0179. The van der Waals surface area contributed by atoms with Gasteiger partial charge in [0, 0.05) is 30.5 Å². The van der Waals surface area contributed by atoms with E-state index >= 15 is 0 Å². The summed E-state index contributed by atoms with van der Waals surface area (Å²) in [6.07, 6.45) is 2.05. The van der Waals surface area contributed by atoms with Crippen molar-refractivity contribution < 1.29 is 23.7 Å². The summed E-state index contributed by atoms with van der Waals surface area (Å²) >= 11 is 0. The standard InChI is InChI=1S/C32H34N2O5/c1-20(22-10-7-6-8-11-22)34-19-25(18-31(34)35)21(2)39-28-15-23(14-27-26(28)12-9-13-33-27)24-16-29(36-3)32(38-5)30(17-24)37-4/h6-17,20-21,25H,18-19H2,1-5H3. The number of pyridine rings is 1. The molecule has 0 radical (unpaired) electrons. The molecule has 2 heterocycles. The molecule has 1 saturated heterocycles. The van der Waals surface area contributed by atoms with Crippen LogP contribution in [0.2, 0.25) is 0 Å². The van der Waals surface area contributed by atoms with Crippen LogP contribution in [0.3, 0.4) is 0 Å². The van der Waals surface area contributed by atoms with Crippen LogP contribution >= 0.6 is 0 Å². The maximum atomic E-state index is 13.0. The molecule has 3 aromatic carbocycles. The van der Waals surface area contributed by atoms with Crippen LogP contribution in [-0.2, 0) is 4.79 Å². The SMILES string of the molecule is COc1cc(-c2cc(OC(C)C3CC(=O)N(C(C)c4ccccc4)C3)c3cccnc3c2)cc(OC)c1OC. The Hall–Kier alpha value is -4.26.